The van der Waals surface area contributed by atoms with Gasteiger partial charge in [-0.05, 0) is 48.1 Å². The van der Waals surface area contributed by atoms with Crippen molar-refractivity contribution in [2.75, 3.05) is 0 Å². The van der Waals surface area contributed by atoms with Gasteiger partial charge >= 0.3 is 0 Å². The van der Waals surface area contributed by atoms with E-state index in [0.717, 1.165) is 23.1 Å². The number of ether oxygens (including phenoxy) is 1. The summed E-state index contributed by atoms with van der Waals surface area (Å²) in [5, 5.41) is 2.06. The Kier molecular flexibility index (Phi) is 5.43. The molecule has 0 bridgehead atoms. The van der Waals surface area contributed by atoms with Crippen LogP contribution >= 0.6 is 27.3 Å². The van der Waals surface area contributed by atoms with Gasteiger partial charge in [0.25, 0.3) is 0 Å². The molecule has 0 radical (unpaired) electrons. The molecule has 0 saturated carbocycles. The molecule has 19 heavy (non-hydrogen) atoms. The molecule has 0 aliphatic carbocycles. The van der Waals surface area contributed by atoms with Gasteiger partial charge in [-0.15, -0.1) is 11.3 Å². The van der Waals surface area contributed by atoms with E-state index in [2.05, 4.69) is 40.4 Å². The lowest BCUT2D eigenvalue weighted by Gasteiger charge is -2.14. The average molecular weight is 340 g/mol. The normalized spacial score (nSPS) is 12.4. The topological polar surface area (TPSA) is 35.2 Å². The molecule has 0 spiro atoms. The maximum atomic E-state index is 6.05. The van der Waals surface area contributed by atoms with E-state index in [0.29, 0.717) is 6.61 Å². The molecular formula is C15H18BrNOS. The second-order valence-electron chi connectivity index (χ2n) is 4.49. The van der Waals surface area contributed by atoms with Crippen molar-refractivity contribution < 1.29 is 4.74 Å². The second-order valence-corrected chi connectivity index (χ2v) is 6.44. The van der Waals surface area contributed by atoms with Gasteiger partial charge in [0.15, 0.2) is 0 Å². The van der Waals surface area contributed by atoms with Crippen LogP contribution in [0.2, 0.25) is 0 Å². The number of rotatable bonds is 6. The van der Waals surface area contributed by atoms with Gasteiger partial charge in [-0.1, -0.05) is 28.9 Å². The fourth-order valence-electron chi connectivity index (χ4n) is 1.82. The molecule has 1 aromatic carbocycles. The van der Waals surface area contributed by atoms with Gasteiger partial charge < -0.3 is 10.5 Å². The summed E-state index contributed by atoms with van der Waals surface area (Å²) in [4.78, 5) is 1.23. The number of halogens is 1. The third-order valence-corrected chi connectivity index (χ3v) is 4.32. The molecule has 0 aliphatic heterocycles. The van der Waals surface area contributed by atoms with Crippen LogP contribution < -0.4 is 10.5 Å². The predicted octanol–water partition coefficient (Wildman–Crippen LogP) is 4.37. The van der Waals surface area contributed by atoms with Crippen LogP contribution in [0.1, 0.15) is 23.8 Å². The standard InChI is InChI=1S/C15H18BrNOS/c1-2-13(17)9-11-8-12(16)5-6-15(11)18-10-14-4-3-7-19-14/h3-8,13H,2,9-10,17H2,1H3. The van der Waals surface area contributed by atoms with Crippen LogP contribution in [0.15, 0.2) is 40.2 Å². The Morgan fingerprint density at radius 1 is 1.37 bits per heavy atom. The molecule has 0 amide bonds. The van der Waals surface area contributed by atoms with Gasteiger partial charge in [0.05, 0.1) is 0 Å². The average Bonchev–Trinajstić information content (AvgIpc) is 2.91. The van der Waals surface area contributed by atoms with Crippen molar-refractivity contribution in [1.82, 2.24) is 0 Å². The van der Waals surface area contributed by atoms with Crippen molar-refractivity contribution in [3.63, 3.8) is 0 Å². The zero-order chi connectivity index (χ0) is 13.7. The molecule has 1 unspecified atom stereocenters. The van der Waals surface area contributed by atoms with Crippen molar-refractivity contribution in [1.29, 1.82) is 0 Å². The van der Waals surface area contributed by atoms with E-state index in [1.165, 1.54) is 10.4 Å². The van der Waals surface area contributed by atoms with Gasteiger partial charge in [-0.2, -0.15) is 0 Å². The van der Waals surface area contributed by atoms with Crippen molar-refractivity contribution in [3.8, 4) is 5.75 Å². The van der Waals surface area contributed by atoms with E-state index >= 15 is 0 Å². The van der Waals surface area contributed by atoms with Crippen LogP contribution in [0.25, 0.3) is 0 Å². The molecule has 2 aromatic rings. The van der Waals surface area contributed by atoms with Crippen LogP contribution in [-0.2, 0) is 13.0 Å². The molecule has 1 atom stereocenters. The van der Waals surface area contributed by atoms with Crippen LogP contribution in [-0.4, -0.2) is 6.04 Å². The zero-order valence-electron chi connectivity index (χ0n) is 10.9. The quantitative estimate of drug-likeness (QED) is 0.847. The summed E-state index contributed by atoms with van der Waals surface area (Å²) < 4.78 is 6.98. The third-order valence-electron chi connectivity index (χ3n) is 2.98. The second kappa shape index (κ2) is 7.08. The first-order valence-corrected chi connectivity index (χ1v) is 8.05. The zero-order valence-corrected chi connectivity index (χ0v) is 13.3. The molecule has 2 N–H and O–H groups in total. The summed E-state index contributed by atoms with van der Waals surface area (Å²) in [6.45, 7) is 2.72. The minimum absolute atomic E-state index is 0.179. The Labute approximate surface area is 126 Å². The van der Waals surface area contributed by atoms with Crippen molar-refractivity contribution >= 4 is 27.3 Å². The van der Waals surface area contributed by atoms with E-state index in [4.69, 9.17) is 10.5 Å². The monoisotopic (exact) mass is 339 g/mol. The van der Waals surface area contributed by atoms with Crippen LogP contribution in [0.3, 0.4) is 0 Å². The lowest BCUT2D eigenvalue weighted by Crippen LogP contribution is -2.21. The molecule has 1 heterocycles. The number of nitrogens with two attached hydrogens (primary N) is 1. The summed E-state index contributed by atoms with van der Waals surface area (Å²) in [7, 11) is 0. The number of hydrogen-bond donors (Lipinski definition) is 1. The molecule has 0 saturated heterocycles. The summed E-state index contributed by atoms with van der Waals surface area (Å²) in [6.07, 6.45) is 1.81. The van der Waals surface area contributed by atoms with Crippen molar-refractivity contribution in [2.45, 2.75) is 32.4 Å². The highest BCUT2D eigenvalue weighted by Crippen LogP contribution is 2.26. The Balaban J connectivity index is 2.09. The summed E-state index contributed by atoms with van der Waals surface area (Å²) >= 11 is 5.21. The Morgan fingerprint density at radius 2 is 2.21 bits per heavy atom. The molecule has 0 aliphatic rings. The van der Waals surface area contributed by atoms with Crippen molar-refractivity contribution in [2.24, 2.45) is 5.73 Å². The van der Waals surface area contributed by atoms with E-state index in [1.54, 1.807) is 11.3 Å². The highest BCUT2D eigenvalue weighted by Gasteiger charge is 2.09. The predicted molar refractivity (Wildman–Crippen MR) is 84.8 cm³/mol. The molecule has 1 aromatic heterocycles. The Bertz CT molecular complexity index is 513. The van der Waals surface area contributed by atoms with Gasteiger partial charge in [-0.25, -0.2) is 0 Å². The molecule has 2 rings (SSSR count). The Hall–Kier alpha value is -0.840. The first kappa shape index (κ1) is 14.6. The third kappa shape index (κ3) is 4.34. The lowest BCUT2D eigenvalue weighted by molar-refractivity contribution is 0.305. The van der Waals surface area contributed by atoms with Gasteiger partial charge in [0.2, 0.25) is 0 Å². The first-order chi connectivity index (χ1) is 9.19. The number of hydrogen-bond acceptors (Lipinski definition) is 3. The van der Waals surface area contributed by atoms with Gasteiger partial charge in [-0.3, -0.25) is 0 Å². The largest absolute Gasteiger partial charge is 0.488 e. The number of benzene rings is 1. The van der Waals surface area contributed by atoms with Crippen LogP contribution in [0.4, 0.5) is 0 Å². The highest BCUT2D eigenvalue weighted by molar-refractivity contribution is 9.10. The Morgan fingerprint density at radius 3 is 2.89 bits per heavy atom. The minimum Gasteiger partial charge on any atom is -0.488 e. The smallest absolute Gasteiger partial charge is 0.123 e. The van der Waals surface area contributed by atoms with Crippen LogP contribution in [0.5, 0.6) is 5.75 Å². The van der Waals surface area contributed by atoms with E-state index in [-0.39, 0.29) is 6.04 Å². The maximum Gasteiger partial charge on any atom is 0.123 e. The first-order valence-electron chi connectivity index (χ1n) is 6.38. The SMILES string of the molecule is CCC(N)Cc1cc(Br)ccc1OCc1cccs1. The maximum absolute atomic E-state index is 6.05. The summed E-state index contributed by atoms with van der Waals surface area (Å²) in [6, 6.07) is 10.4. The summed E-state index contributed by atoms with van der Waals surface area (Å²) in [5.41, 5.74) is 7.21. The van der Waals surface area contributed by atoms with Gasteiger partial charge in [0.1, 0.15) is 12.4 Å². The van der Waals surface area contributed by atoms with Crippen LogP contribution in [0, 0.1) is 0 Å². The van der Waals surface area contributed by atoms with Crippen molar-refractivity contribution in [3.05, 3.63) is 50.6 Å². The van der Waals surface area contributed by atoms with E-state index < -0.39 is 0 Å². The molecule has 102 valence electrons. The highest BCUT2D eigenvalue weighted by atomic mass is 79.9. The molecule has 2 nitrogen and oxygen atoms in total. The van der Waals surface area contributed by atoms with E-state index in [1.807, 2.05) is 18.2 Å². The molecule has 0 fully saturated rings. The fourth-order valence-corrected chi connectivity index (χ4v) is 2.84. The fraction of sp³-hybridized carbons (Fsp3) is 0.333. The lowest BCUT2D eigenvalue weighted by atomic mass is 10.0. The molecular weight excluding hydrogens is 322 g/mol. The minimum atomic E-state index is 0.179. The van der Waals surface area contributed by atoms with E-state index in [9.17, 15) is 0 Å². The van der Waals surface area contributed by atoms with Gasteiger partial charge in [0, 0.05) is 15.4 Å². The molecule has 4 heteroatoms. The summed E-state index contributed by atoms with van der Waals surface area (Å²) in [5.74, 6) is 0.931. The number of thiophene rings is 1.